The van der Waals surface area contributed by atoms with E-state index in [9.17, 15) is 9.59 Å². The molecule has 1 N–H and O–H groups in total. The van der Waals surface area contributed by atoms with Crippen LogP contribution in [0.4, 0.5) is 0 Å². The van der Waals surface area contributed by atoms with E-state index < -0.39 is 16.9 Å². The van der Waals surface area contributed by atoms with Gasteiger partial charge in [0.2, 0.25) is 11.6 Å². The molecule has 0 amide bonds. The van der Waals surface area contributed by atoms with Crippen molar-refractivity contribution in [1.29, 1.82) is 5.26 Å². The minimum Gasteiger partial charge on any atom is -0.481 e. The Labute approximate surface area is 186 Å². The van der Waals surface area contributed by atoms with E-state index in [1.807, 2.05) is 25.8 Å². The van der Waals surface area contributed by atoms with Crippen molar-refractivity contribution in [2.45, 2.75) is 26.7 Å². The van der Waals surface area contributed by atoms with Crippen molar-refractivity contribution in [3.8, 4) is 29.1 Å². The fourth-order valence-electron chi connectivity index (χ4n) is 3.05. The van der Waals surface area contributed by atoms with Crippen LogP contribution in [0.3, 0.4) is 0 Å². The molecule has 160 valence electrons. The molecular weight excluding hydrogens is 445 g/mol. The number of nitriles is 1. The Hall–Kier alpha value is -3.35. The standard InChI is InChI=1S/C20H17Cl2N5O4/c1-9(2)16-10(3)15(8-24-19(16)30-4)31-17-12(21)5-11(6-13(17)22)27-20(29)25-18(28)14(7-23)26-27/h5-6,8-9H,1-4H3,(H,25,28,29). The molecule has 0 fully saturated rings. The summed E-state index contributed by atoms with van der Waals surface area (Å²) >= 11 is 12.7. The number of pyridine rings is 1. The molecule has 0 saturated carbocycles. The molecule has 0 aliphatic carbocycles. The maximum atomic E-state index is 12.1. The number of hydrogen-bond acceptors (Lipinski definition) is 7. The van der Waals surface area contributed by atoms with E-state index in [0.717, 1.165) is 15.8 Å². The number of ether oxygens (including phenoxy) is 2. The number of rotatable bonds is 5. The Kier molecular flexibility index (Phi) is 6.34. The Balaban J connectivity index is 2.08. The summed E-state index contributed by atoms with van der Waals surface area (Å²) in [7, 11) is 1.55. The van der Waals surface area contributed by atoms with Crippen molar-refractivity contribution in [3.63, 3.8) is 0 Å². The summed E-state index contributed by atoms with van der Waals surface area (Å²) in [6, 6.07) is 4.38. The normalized spacial score (nSPS) is 10.8. The monoisotopic (exact) mass is 461 g/mol. The molecule has 1 aromatic carbocycles. The van der Waals surface area contributed by atoms with Gasteiger partial charge in [-0.1, -0.05) is 37.0 Å². The van der Waals surface area contributed by atoms with Gasteiger partial charge in [-0.15, -0.1) is 5.10 Å². The summed E-state index contributed by atoms with van der Waals surface area (Å²) in [5, 5.41) is 12.9. The first-order chi connectivity index (χ1) is 14.7. The largest absolute Gasteiger partial charge is 0.481 e. The van der Waals surface area contributed by atoms with Crippen LogP contribution in [-0.2, 0) is 0 Å². The molecule has 0 aliphatic heterocycles. The van der Waals surface area contributed by atoms with E-state index in [0.29, 0.717) is 11.6 Å². The number of benzene rings is 1. The smallest absolute Gasteiger partial charge is 0.349 e. The van der Waals surface area contributed by atoms with Crippen LogP contribution in [0.1, 0.15) is 36.6 Å². The van der Waals surface area contributed by atoms with Gasteiger partial charge in [0.25, 0.3) is 5.56 Å². The lowest BCUT2D eigenvalue weighted by Crippen LogP contribution is -2.33. The number of aromatic amines is 1. The van der Waals surface area contributed by atoms with Gasteiger partial charge in [-0.25, -0.2) is 9.78 Å². The van der Waals surface area contributed by atoms with Crippen LogP contribution in [0.2, 0.25) is 10.0 Å². The number of nitrogens with zero attached hydrogens (tertiary/aromatic N) is 4. The molecule has 2 aromatic heterocycles. The fraction of sp³-hybridized carbons (Fsp3) is 0.250. The van der Waals surface area contributed by atoms with Gasteiger partial charge in [-0.05, 0) is 25.0 Å². The van der Waals surface area contributed by atoms with Gasteiger partial charge in [0.1, 0.15) is 11.8 Å². The zero-order valence-electron chi connectivity index (χ0n) is 17.0. The highest BCUT2D eigenvalue weighted by Crippen LogP contribution is 2.41. The molecule has 3 aromatic rings. The minimum absolute atomic E-state index is 0.0854. The second kappa shape index (κ2) is 8.79. The van der Waals surface area contributed by atoms with Gasteiger partial charge in [0, 0.05) is 11.1 Å². The number of halogens is 2. The predicted molar refractivity (Wildman–Crippen MR) is 115 cm³/mol. The van der Waals surface area contributed by atoms with E-state index in [-0.39, 0.29) is 27.4 Å². The van der Waals surface area contributed by atoms with Crippen LogP contribution < -0.4 is 20.7 Å². The van der Waals surface area contributed by atoms with E-state index in [1.54, 1.807) is 13.2 Å². The molecule has 2 heterocycles. The Morgan fingerprint density at radius 2 is 1.87 bits per heavy atom. The predicted octanol–water partition coefficient (Wildman–Crippen LogP) is 3.73. The SMILES string of the molecule is COc1ncc(Oc2c(Cl)cc(-n3nc(C#N)c(=O)[nH]c3=O)cc2Cl)c(C)c1C(C)C. The third kappa shape index (κ3) is 4.26. The number of aromatic nitrogens is 4. The van der Waals surface area contributed by atoms with Gasteiger partial charge in [0.15, 0.2) is 5.75 Å². The summed E-state index contributed by atoms with van der Waals surface area (Å²) < 4.78 is 12.1. The Morgan fingerprint density at radius 1 is 1.23 bits per heavy atom. The van der Waals surface area contributed by atoms with E-state index in [2.05, 4.69) is 10.1 Å². The molecule has 0 saturated heterocycles. The van der Waals surface area contributed by atoms with Gasteiger partial charge in [0.05, 0.1) is 29.0 Å². The number of hydrogen-bond donors (Lipinski definition) is 1. The molecule has 9 nitrogen and oxygen atoms in total. The summed E-state index contributed by atoms with van der Waals surface area (Å²) in [6.07, 6.45) is 1.51. The van der Waals surface area contributed by atoms with Crippen molar-refractivity contribution in [1.82, 2.24) is 19.7 Å². The number of methoxy groups -OCH3 is 1. The molecule has 3 rings (SSSR count). The highest BCUT2D eigenvalue weighted by molar-refractivity contribution is 6.37. The highest BCUT2D eigenvalue weighted by atomic mass is 35.5. The topological polar surface area (TPSA) is 123 Å². The van der Waals surface area contributed by atoms with Gasteiger partial charge in [-0.3, -0.25) is 9.78 Å². The van der Waals surface area contributed by atoms with Gasteiger partial charge < -0.3 is 9.47 Å². The third-order valence-electron chi connectivity index (χ3n) is 4.45. The van der Waals surface area contributed by atoms with Gasteiger partial charge in [-0.2, -0.15) is 9.94 Å². The second-order valence-electron chi connectivity index (χ2n) is 6.80. The average molecular weight is 462 g/mol. The molecule has 11 heteroatoms. The molecular formula is C20H17Cl2N5O4. The van der Waals surface area contributed by atoms with Crippen LogP contribution in [0.15, 0.2) is 27.9 Å². The van der Waals surface area contributed by atoms with Crippen LogP contribution in [0, 0.1) is 18.3 Å². The lowest BCUT2D eigenvalue weighted by molar-refractivity contribution is 0.385. The molecule has 0 radical (unpaired) electrons. The zero-order chi connectivity index (χ0) is 22.9. The summed E-state index contributed by atoms with van der Waals surface area (Å²) in [6.45, 7) is 5.89. The highest BCUT2D eigenvalue weighted by Gasteiger charge is 2.20. The van der Waals surface area contributed by atoms with E-state index >= 15 is 0 Å². The lowest BCUT2D eigenvalue weighted by atomic mass is 9.99. The first-order valence-corrected chi connectivity index (χ1v) is 9.78. The van der Waals surface area contributed by atoms with Crippen molar-refractivity contribution >= 4 is 23.2 Å². The van der Waals surface area contributed by atoms with Gasteiger partial charge >= 0.3 is 5.69 Å². The van der Waals surface area contributed by atoms with Crippen molar-refractivity contribution in [2.75, 3.05) is 7.11 Å². The van der Waals surface area contributed by atoms with Crippen molar-refractivity contribution in [2.24, 2.45) is 0 Å². The minimum atomic E-state index is -0.885. The molecule has 31 heavy (non-hydrogen) atoms. The quantitative estimate of drug-likeness (QED) is 0.613. The fourth-order valence-corrected chi connectivity index (χ4v) is 3.60. The molecule has 0 bridgehead atoms. The number of nitrogens with one attached hydrogen (secondary N) is 1. The molecule has 0 unspecified atom stereocenters. The zero-order valence-corrected chi connectivity index (χ0v) is 18.5. The average Bonchev–Trinajstić information content (AvgIpc) is 2.71. The maximum absolute atomic E-state index is 12.1. The maximum Gasteiger partial charge on any atom is 0.349 e. The van der Waals surface area contributed by atoms with Crippen LogP contribution in [0.5, 0.6) is 17.4 Å². The first kappa shape index (κ1) is 22.3. The van der Waals surface area contributed by atoms with Crippen LogP contribution in [-0.4, -0.2) is 26.9 Å². The number of H-pyrrole nitrogens is 1. The summed E-state index contributed by atoms with van der Waals surface area (Å²) in [5.41, 5.74) is -0.362. The van der Waals surface area contributed by atoms with Crippen LogP contribution >= 0.6 is 23.2 Å². The lowest BCUT2D eigenvalue weighted by Gasteiger charge is -2.18. The van der Waals surface area contributed by atoms with Crippen molar-refractivity contribution < 1.29 is 9.47 Å². The third-order valence-corrected chi connectivity index (χ3v) is 5.01. The van der Waals surface area contributed by atoms with E-state index in [4.69, 9.17) is 37.9 Å². The molecule has 0 atom stereocenters. The molecule has 0 spiro atoms. The Morgan fingerprint density at radius 3 is 2.42 bits per heavy atom. The van der Waals surface area contributed by atoms with E-state index in [1.165, 1.54) is 18.3 Å². The van der Waals surface area contributed by atoms with Crippen molar-refractivity contribution in [3.05, 3.63) is 66.0 Å². The summed E-state index contributed by atoms with van der Waals surface area (Å²) in [5.74, 6) is 1.22. The summed E-state index contributed by atoms with van der Waals surface area (Å²) in [4.78, 5) is 30.0. The second-order valence-corrected chi connectivity index (χ2v) is 7.61. The molecule has 0 aliphatic rings. The van der Waals surface area contributed by atoms with Crippen LogP contribution in [0.25, 0.3) is 5.69 Å². The first-order valence-electron chi connectivity index (χ1n) is 9.02. The Bertz CT molecular complexity index is 1300.